The SMILES string of the molecule is CCOCCS(=O)(=O)n1cc(-c2nccc(Nc3cc4c(C(C)C)ccc(N5C[C@H](CS(C)(=O)=O)[C@H]5C)c4cn3)n2)cn1. The van der Waals surface area contributed by atoms with E-state index < -0.39 is 19.9 Å². The molecule has 1 aliphatic rings. The zero-order valence-corrected chi connectivity index (χ0v) is 26.6. The van der Waals surface area contributed by atoms with Gasteiger partial charge in [-0.25, -0.2) is 31.8 Å². The summed E-state index contributed by atoms with van der Waals surface area (Å²) in [4.78, 5) is 15.8. The lowest BCUT2D eigenvalue weighted by molar-refractivity contribution is 0.163. The van der Waals surface area contributed by atoms with Crippen molar-refractivity contribution in [3.63, 3.8) is 0 Å². The van der Waals surface area contributed by atoms with Crippen molar-refractivity contribution in [2.45, 2.75) is 39.7 Å². The smallest absolute Gasteiger partial charge is 0.256 e. The molecule has 0 bridgehead atoms. The Labute approximate surface area is 252 Å². The molecule has 0 saturated carbocycles. The molecule has 5 rings (SSSR count). The molecule has 4 heterocycles. The molecule has 2 atom stereocenters. The summed E-state index contributed by atoms with van der Waals surface area (Å²) in [5, 5.41) is 9.32. The Kier molecular flexibility index (Phi) is 8.72. The topological polar surface area (TPSA) is 149 Å². The molecule has 1 aromatic carbocycles. The normalized spacial score (nSPS) is 17.4. The predicted molar refractivity (Wildman–Crippen MR) is 168 cm³/mol. The molecule has 1 fully saturated rings. The maximum absolute atomic E-state index is 12.6. The molecule has 0 spiro atoms. The largest absolute Gasteiger partial charge is 0.381 e. The Bertz CT molecular complexity index is 1840. The number of fused-ring (bicyclic) bond motifs is 1. The maximum Gasteiger partial charge on any atom is 0.256 e. The highest BCUT2D eigenvalue weighted by Crippen LogP contribution is 2.39. The molecule has 1 saturated heterocycles. The first-order valence-electron chi connectivity index (χ1n) is 14.2. The second-order valence-electron chi connectivity index (χ2n) is 11.2. The highest BCUT2D eigenvalue weighted by atomic mass is 32.2. The molecular formula is C29H37N7O5S2. The van der Waals surface area contributed by atoms with E-state index >= 15 is 0 Å². The van der Waals surface area contributed by atoms with Gasteiger partial charge in [0.15, 0.2) is 5.82 Å². The van der Waals surface area contributed by atoms with Gasteiger partial charge in [-0.3, -0.25) is 0 Å². The van der Waals surface area contributed by atoms with E-state index in [4.69, 9.17) is 4.74 Å². The molecule has 0 unspecified atom stereocenters. The van der Waals surface area contributed by atoms with E-state index in [1.165, 1.54) is 24.2 Å². The number of nitrogens with zero attached hydrogens (tertiary/aromatic N) is 6. The minimum absolute atomic E-state index is 0.0868. The number of ether oxygens (including phenoxy) is 1. The number of hydrogen-bond acceptors (Lipinski definition) is 11. The molecule has 1 N–H and O–H groups in total. The monoisotopic (exact) mass is 627 g/mol. The molecule has 14 heteroatoms. The Morgan fingerprint density at radius 2 is 1.86 bits per heavy atom. The Morgan fingerprint density at radius 3 is 2.56 bits per heavy atom. The molecular weight excluding hydrogens is 590 g/mol. The lowest BCUT2D eigenvalue weighted by Crippen LogP contribution is -2.57. The van der Waals surface area contributed by atoms with Crippen LogP contribution in [-0.2, 0) is 24.6 Å². The minimum atomic E-state index is -3.66. The first-order chi connectivity index (χ1) is 20.4. The standard InChI is InChI=1S/C29H37N7O5S2/c1-6-41-11-12-43(39,40)36-17-21(14-32-36)29-30-10-9-27(34-29)33-28-13-24-23(19(2)3)7-8-26(25(24)15-31-28)35-16-22(20(35)4)18-42(5,37)38/h7-10,13-15,17,19-20,22H,6,11-12,16,18H2,1-5H3,(H,30,31,33,34)/t20-,22-/m1/s1. The van der Waals surface area contributed by atoms with Gasteiger partial charge in [0.25, 0.3) is 10.0 Å². The van der Waals surface area contributed by atoms with Gasteiger partial charge >= 0.3 is 0 Å². The Morgan fingerprint density at radius 1 is 1.07 bits per heavy atom. The third kappa shape index (κ3) is 6.81. The summed E-state index contributed by atoms with van der Waals surface area (Å²) >= 11 is 0. The summed E-state index contributed by atoms with van der Waals surface area (Å²) in [5.41, 5.74) is 2.67. The summed E-state index contributed by atoms with van der Waals surface area (Å²) in [6, 6.07) is 8.04. The van der Waals surface area contributed by atoms with Crippen LogP contribution < -0.4 is 10.2 Å². The molecule has 12 nitrogen and oxygen atoms in total. The van der Waals surface area contributed by atoms with E-state index in [9.17, 15) is 16.8 Å². The average Bonchev–Trinajstić information content (AvgIpc) is 3.46. The predicted octanol–water partition coefficient (Wildman–Crippen LogP) is 3.84. The van der Waals surface area contributed by atoms with Gasteiger partial charge in [-0.1, -0.05) is 19.9 Å². The van der Waals surface area contributed by atoms with Crippen LogP contribution in [0, 0.1) is 5.92 Å². The van der Waals surface area contributed by atoms with Crippen LogP contribution in [0.15, 0.2) is 49.1 Å². The minimum Gasteiger partial charge on any atom is -0.381 e. The maximum atomic E-state index is 12.6. The van der Waals surface area contributed by atoms with Crippen molar-refractivity contribution in [3.05, 3.63) is 54.6 Å². The molecule has 4 aromatic rings. The van der Waals surface area contributed by atoms with Crippen LogP contribution in [-0.4, -0.2) is 84.5 Å². The summed E-state index contributed by atoms with van der Waals surface area (Å²) in [6.07, 6.45) is 7.52. The van der Waals surface area contributed by atoms with Gasteiger partial charge in [0.05, 0.1) is 36.1 Å². The first-order valence-corrected chi connectivity index (χ1v) is 17.9. The van der Waals surface area contributed by atoms with Crippen LogP contribution in [0.3, 0.4) is 0 Å². The van der Waals surface area contributed by atoms with Gasteiger partial charge in [-0.15, -0.1) is 0 Å². The summed E-state index contributed by atoms with van der Waals surface area (Å²) < 4.78 is 54.9. The van der Waals surface area contributed by atoms with Gasteiger partial charge in [-0.2, -0.15) is 9.19 Å². The van der Waals surface area contributed by atoms with Crippen molar-refractivity contribution in [3.8, 4) is 11.4 Å². The quantitative estimate of drug-likeness (QED) is 0.228. The van der Waals surface area contributed by atoms with Gasteiger partial charge in [0, 0.05) is 54.8 Å². The Balaban J connectivity index is 1.39. The highest BCUT2D eigenvalue weighted by Gasteiger charge is 2.38. The number of rotatable bonds is 12. The van der Waals surface area contributed by atoms with Crippen LogP contribution in [0.1, 0.15) is 39.2 Å². The second-order valence-corrected chi connectivity index (χ2v) is 15.3. The molecule has 43 heavy (non-hydrogen) atoms. The van der Waals surface area contributed by atoms with Crippen LogP contribution in [0.2, 0.25) is 0 Å². The summed E-state index contributed by atoms with van der Waals surface area (Å²) in [5.74, 6) is 1.77. The third-order valence-electron chi connectivity index (χ3n) is 7.67. The van der Waals surface area contributed by atoms with Crippen molar-refractivity contribution in [1.82, 2.24) is 24.1 Å². The lowest BCUT2D eigenvalue weighted by Gasteiger charge is -2.48. The molecule has 1 aliphatic heterocycles. The number of anilines is 3. The molecule has 3 aromatic heterocycles. The fourth-order valence-corrected chi connectivity index (χ4v) is 7.47. The fraction of sp³-hybridized carbons (Fsp3) is 0.448. The lowest BCUT2D eigenvalue weighted by atomic mass is 9.88. The van der Waals surface area contributed by atoms with Crippen LogP contribution in [0.4, 0.5) is 17.3 Å². The van der Waals surface area contributed by atoms with Crippen LogP contribution >= 0.6 is 0 Å². The van der Waals surface area contributed by atoms with E-state index in [2.05, 4.69) is 63.2 Å². The second kappa shape index (κ2) is 12.2. The van der Waals surface area contributed by atoms with Crippen molar-refractivity contribution >= 4 is 48.0 Å². The van der Waals surface area contributed by atoms with Crippen LogP contribution in [0.5, 0.6) is 0 Å². The Hall–Kier alpha value is -3.62. The number of nitrogens with one attached hydrogen (secondary N) is 1. The number of sulfone groups is 1. The zero-order chi connectivity index (χ0) is 30.9. The van der Waals surface area contributed by atoms with E-state index in [1.54, 1.807) is 19.2 Å². The van der Waals surface area contributed by atoms with Crippen molar-refractivity contribution in [2.75, 3.05) is 47.7 Å². The van der Waals surface area contributed by atoms with E-state index in [1.807, 2.05) is 12.3 Å². The number of benzene rings is 1. The average molecular weight is 628 g/mol. The van der Waals surface area contributed by atoms with Crippen molar-refractivity contribution in [1.29, 1.82) is 0 Å². The molecule has 230 valence electrons. The zero-order valence-electron chi connectivity index (χ0n) is 24.9. The van der Waals surface area contributed by atoms with Crippen LogP contribution in [0.25, 0.3) is 22.2 Å². The molecule has 0 aliphatic carbocycles. The van der Waals surface area contributed by atoms with Gasteiger partial charge < -0.3 is 15.0 Å². The van der Waals surface area contributed by atoms with Gasteiger partial charge in [0.2, 0.25) is 0 Å². The van der Waals surface area contributed by atoms with Crippen molar-refractivity contribution in [2.24, 2.45) is 5.92 Å². The third-order valence-corrected chi connectivity index (χ3v) is 10.2. The number of aromatic nitrogens is 5. The van der Waals surface area contributed by atoms with Crippen molar-refractivity contribution < 1.29 is 21.6 Å². The fourth-order valence-electron chi connectivity index (χ4n) is 5.33. The number of hydrogen-bond donors (Lipinski definition) is 1. The number of pyridine rings is 1. The highest BCUT2D eigenvalue weighted by molar-refractivity contribution is 7.90. The van der Waals surface area contributed by atoms with E-state index in [-0.39, 0.29) is 36.0 Å². The molecule has 0 radical (unpaired) electrons. The molecule has 0 amide bonds. The van der Waals surface area contributed by atoms with E-state index in [0.29, 0.717) is 36.2 Å². The summed E-state index contributed by atoms with van der Waals surface area (Å²) in [7, 11) is -6.71. The van der Waals surface area contributed by atoms with E-state index in [0.717, 1.165) is 20.5 Å². The van der Waals surface area contributed by atoms with Gasteiger partial charge in [-0.05, 0) is 48.9 Å². The van der Waals surface area contributed by atoms with Gasteiger partial charge in [0.1, 0.15) is 21.5 Å². The first kappa shape index (κ1) is 30.8. The summed E-state index contributed by atoms with van der Waals surface area (Å²) in [6.45, 7) is 9.36.